The Morgan fingerprint density at radius 3 is 2.08 bits per heavy atom. The minimum Gasteiger partial charge on any atom is -0.384 e. The molecule has 0 fully saturated rings. The maximum Gasteiger partial charge on any atom is 0.165 e. The van der Waals surface area contributed by atoms with Crippen LogP contribution >= 0.6 is 0 Å². The van der Waals surface area contributed by atoms with E-state index in [1.807, 2.05) is 65.0 Å². The Labute approximate surface area is 145 Å². The lowest BCUT2D eigenvalue weighted by Crippen LogP contribution is -2.21. The summed E-state index contributed by atoms with van der Waals surface area (Å²) in [5, 5.41) is 13.0. The summed E-state index contributed by atoms with van der Waals surface area (Å²) in [7, 11) is 0. The third-order valence-electron chi connectivity index (χ3n) is 3.59. The zero-order valence-electron chi connectivity index (χ0n) is 15.2. The van der Waals surface area contributed by atoms with Crippen molar-refractivity contribution in [3.63, 3.8) is 0 Å². The van der Waals surface area contributed by atoms with Gasteiger partial charge < -0.3 is 4.84 Å². The number of benzene rings is 2. The standard InChI is InChI=1S/C17H14N2O.2C2H6/c1-17(15-5-3-2-4-6-15)11-16(19-20-17)14-9-7-13(12-18)8-10-14;2*1-2/h2-10H,11H2,1H3;2*1-2H3. The van der Waals surface area contributed by atoms with Crippen LogP contribution in [0.15, 0.2) is 59.8 Å². The van der Waals surface area contributed by atoms with Gasteiger partial charge in [0.25, 0.3) is 0 Å². The van der Waals surface area contributed by atoms with E-state index >= 15 is 0 Å². The van der Waals surface area contributed by atoms with Gasteiger partial charge in [-0.1, -0.05) is 75.3 Å². The fourth-order valence-electron chi connectivity index (χ4n) is 2.38. The van der Waals surface area contributed by atoms with E-state index < -0.39 is 5.60 Å². The second-order valence-corrected chi connectivity index (χ2v) is 5.09. The quantitative estimate of drug-likeness (QED) is 0.717. The zero-order chi connectivity index (χ0) is 18.0. The van der Waals surface area contributed by atoms with Crippen molar-refractivity contribution in [2.75, 3.05) is 0 Å². The first-order valence-corrected chi connectivity index (χ1v) is 8.52. The molecule has 126 valence electrons. The first-order chi connectivity index (χ1) is 11.7. The third-order valence-corrected chi connectivity index (χ3v) is 3.59. The summed E-state index contributed by atoms with van der Waals surface area (Å²) >= 11 is 0. The Balaban J connectivity index is 0.000000671. The summed E-state index contributed by atoms with van der Waals surface area (Å²) in [4.78, 5) is 5.67. The lowest BCUT2D eigenvalue weighted by Gasteiger charge is -2.21. The maximum atomic E-state index is 8.82. The van der Waals surface area contributed by atoms with Crippen LogP contribution in [0, 0.1) is 11.3 Å². The fourth-order valence-corrected chi connectivity index (χ4v) is 2.38. The second kappa shape index (κ2) is 9.52. The van der Waals surface area contributed by atoms with Crippen LogP contribution in [0.3, 0.4) is 0 Å². The molecule has 3 rings (SSSR count). The molecule has 1 atom stereocenters. The molecule has 1 aliphatic rings. The van der Waals surface area contributed by atoms with E-state index in [0.29, 0.717) is 5.56 Å². The zero-order valence-corrected chi connectivity index (χ0v) is 15.2. The highest BCUT2D eigenvalue weighted by molar-refractivity contribution is 6.01. The normalized spacial score (nSPS) is 17.9. The Morgan fingerprint density at radius 2 is 1.54 bits per heavy atom. The first-order valence-electron chi connectivity index (χ1n) is 8.52. The Bertz CT molecular complexity index is 684. The Hall–Kier alpha value is -2.60. The van der Waals surface area contributed by atoms with E-state index in [9.17, 15) is 0 Å². The van der Waals surface area contributed by atoms with E-state index in [1.54, 1.807) is 12.1 Å². The van der Waals surface area contributed by atoms with Gasteiger partial charge in [0.2, 0.25) is 0 Å². The first kappa shape index (κ1) is 19.4. The lowest BCUT2D eigenvalue weighted by atomic mass is 9.89. The molecule has 0 bridgehead atoms. The largest absolute Gasteiger partial charge is 0.384 e. The maximum absolute atomic E-state index is 8.82. The summed E-state index contributed by atoms with van der Waals surface area (Å²) in [6.07, 6.45) is 0.725. The van der Waals surface area contributed by atoms with E-state index in [4.69, 9.17) is 10.1 Å². The van der Waals surface area contributed by atoms with Gasteiger partial charge in [-0.25, -0.2) is 0 Å². The summed E-state index contributed by atoms with van der Waals surface area (Å²) < 4.78 is 0. The van der Waals surface area contributed by atoms with E-state index in [-0.39, 0.29) is 0 Å². The molecule has 0 amide bonds. The van der Waals surface area contributed by atoms with E-state index in [2.05, 4.69) is 23.4 Å². The average molecular weight is 322 g/mol. The van der Waals surface area contributed by atoms with Gasteiger partial charge in [0.05, 0.1) is 17.3 Å². The number of hydrogen-bond donors (Lipinski definition) is 0. The van der Waals surface area contributed by atoms with Gasteiger partial charge in [-0.2, -0.15) is 5.26 Å². The van der Waals surface area contributed by atoms with Crippen LogP contribution in [0.2, 0.25) is 0 Å². The third kappa shape index (κ3) is 4.45. The summed E-state index contributed by atoms with van der Waals surface area (Å²) in [5.41, 5.74) is 3.28. The highest BCUT2D eigenvalue weighted by Crippen LogP contribution is 2.35. The van der Waals surface area contributed by atoms with Gasteiger partial charge in [0.1, 0.15) is 0 Å². The number of oxime groups is 1. The number of nitriles is 1. The SMILES string of the molecule is CC.CC.CC1(c2ccccc2)CC(c2ccc(C#N)cc2)=NO1. The molecule has 2 aromatic carbocycles. The molecule has 1 unspecified atom stereocenters. The minimum absolute atomic E-state index is 0.412. The van der Waals surface area contributed by atoms with Crippen molar-refractivity contribution in [1.29, 1.82) is 5.26 Å². The molecule has 2 aromatic rings. The number of hydrogen-bond acceptors (Lipinski definition) is 3. The molecule has 24 heavy (non-hydrogen) atoms. The van der Waals surface area contributed by atoms with Crippen LogP contribution in [0.5, 0.6) is 0 Å². The number of nitrogens with zero attached hydrogens (tertiary/aromatic N) is 2. The minimum atomic E-state index is -0.412. The average Bonchev–Trinajstić information content (AvgIpc) is 3.09. The van der Waals surface area contributed by atoms with Crippen LogP contribution in [0.4, 0.5) is 0 Å². The molecule has 0 saturated heterocycles. The van der Waals surface area contributed by atoms with Gasteiger partial charge in [-0.05, 0) is 30.2 Å². The van der Waals surface area contributed by atoms with Crippen molar-refractivity contribution < 1.29 is 4.84 Å². The van der Waals surface area contributed by atoms with Crippen LogP contribution in [0.25, 0.3) is 0 Å². The van der Waals surface area contributed by atoms with Crippen molar-refractivity contribution in [3.05, 3.63) is 71.3 Å². The molecular weight excluding hydrogens is 296 g/mol. The van der Waals surface area contributed by atoms with Crippen molar-refractivity contribution in [2.45, 2.75) is 46.6 Å². The van der Waals surface area contributed by atoms with Crippen LogP contribution in [-0.4, -0.2) is 5.71 Å². The van der Waals surface area contributed by atoms with Gasteiger partial charge in [-0.15, -0.1) is 0 Å². The summed E-state index contributed by atoms with van der Waals surface area (Å²) in [6.45, 7) is 10.0. The van der Waals surface area contributed by atoms with E-state index in [1.165, 1.54) is 0 Å². The van der Waals surface area contributed by atoms with Gasteiger partial charge in [0.15, 0.2) is 5.60 Å². The molecule has 3 nitrogen and oxygen atoms in total. The van der Waals surface area contributed by atoms with Crippen LogP contribution in [-0.2, 0) is 10.4 Å². The van der Waals surface area contributed by atoms with Gasteiger partial charge in [0, 0.05) is 6.42 Å². The monoisotopic (exact) mass is 322 g/mol. The predicted octanol–water partition coefficient (Wildman–Crippen LogP) is 5.65. The summed E-state index contributed by atoms with van der Waals surface area (Å²) in [6, 6.07) is 19.7. The Morgan fingerprint density at radius 1 is 0.958 bits per heavy atom. The van der Waals surface area contributed by atoms with E-state index in [0.717, 1.165) is 23.3 Å². The highest BCUT2D eigenvalue weighted by atomic mass is 16.7. The molecule has 0 aromatic heterocycles. The van der Waals surface area contributed by atoms with Gasteiger partial charge in [-0.3, -0.25) is 0 Å². The predicted molar refractivity (Wildman–Crippen MR) is 99.9 cm³/mol. The lowest BCUT2D eigenvalue weighted by molar-refractivity contribution is -0.00738. The van der Waals surface area contributed by atoms with Crippen molar-refractivity contribution in [1.82, 2.24) is 0 Å². The molecule has 0 radical (unpaired) electrons. The highest BCUT2D eigenvalue weighted by Gasteiger charge is 2.36. The van der Waals surface area contributed by atoms with Crippen molar-refractivity contribution >= 4 is 5.71 Å². The van der Waals surface area contributed by atoms with Crippen molar-refractivity contribution in [2.24, 2.45) is 5.16 Å². The number of rotatable bonds is 2. The molecule has 0 saturated carbocycles. The smallest absolute Gasteiger partial charge is 0.165 e. The molecule has 1 aliphatic heterocycles. The Kier molecular flexibility index (Phi) is 7.71. The summed E-state index contributed by atoms with van der Waals surface area (Å²) in [5.74, 6) is 0. The topological polar surface area (TPSA) is 45.4 Å². The molecule has 0 N–H and O–H groups in total. The molecule has 0 spiro atoms. The molecule has 0 aliphatic carbocycles. The van der Waals surface area contributed by atoms with Gasteiger partial charge >= 0.3 is 0 Å². The van der Waals surface area contributed by atoms with Crippen molar-refractivity contribution in [3.8, 4) is 6.07 Å². The van der Waals surface area contributed by atoms with Crippen LogP contribution in [0.1, 0.15) is 57.7 Å². The van der Waals surface area contributed by atoms with Crippen LogP contribution < -0.4 is 0 Å². The second-order valence-electron chi connectivity index (χ2n) is 5.09. The molecular formula is C21H26N2O. The molecule has 1 heterocycles. The fraction of sp³-hybridized carbons (Fsp3) is 0.333. The molecule has 3 heteroatoms.